The fourth-order valence-electron chi connectivity index (χ4n) is 2.93. The van der Waals surface area contributed by atoms with Gasteiger partial charge in [-0.05, 0) is 29.8 Å². The van der Waals surface area contributed by atoms with E-state index >= 15 is 0 Å². The number of nitrogens with two attached hydrogens (primary N) is 1. The highest BCUT2D eigenvalue weighted by molar-refractivity contribution is 5.95. The minimum atomic E-state index is 0.243. The summed E-state index contributed by atoms with van der Waals surface area (Å²) in [6, 6.07) is 9.74. The van der Waals surface area contributed by atoms with E-state index in [1.54, 1.807) is 20.3 Å². The predicted molar refractivity (Wildman–Crippen MR) is 92.4 cm³/mol. The Labute approximate surface area is 144 Å². The smallest absolute Gasteiger partial charge is 0.316 e. The zero-order valence-corrected chi connectivity index (χ0v) is 13.9. The van der Waals surface area contributed by atoms with E-state index in [-0.39, 0.29) is 6.79 Å². The van der Waals surface area contributed by atoms with Gasteiger partial charge in [0, 0.05) is 11.8 Å². The monoisotopic (exact) mass is 339 g/mol. The molecule has 128 valence electrons. The highest BCUT2D eigenvalue weighted by atomic mass is 16.7. The minimum Gasteiger partial charge on any atom is -0.495 e. The van der Waals surface area contributed by atoms with E-state index in [1.807, 2.05) is 24.3 Å². The molecule has 0 unspecified atom stereocenters. The van der Waals surface area contributed by atoms with Crippen LogP contribution in [0.4, 0.5) is 5.69 Å². The zero-order valence-electron chi connectivity index (χ0n) is 13.9. The van der Waals surface area contributed by atoms with Crippen molar-refractivity contribution >= 4 is 16.6 Å². The Bertz CT molecular complexity index is 959. The molecule has 3 aromatic rings. The van der Waals surface area contributed by atoms with Crippen LogP contribution in [0.5, 0.6) is 23.3 Å². The van der Waals surface area contributed by atoms with E-state index in [0.717, 1.165) is 28.1 Å². The summed E-state index contributed by atoms with van der Waals surface area (Å²) in [5.41, 5.74) is 9.28. The number of aromatic nitrogens is 2. The summed E-state index contributed by atoms with van der Waals surface area (Å²) in [5.74, 6) is 2.07. The van der Waals surface area contributed by atoms with E-state index in [1.165, 1.54) is 0 Å². The van der Waals surface area contributed by atoms with Crippen molar-refractivity contribution in [3.8, 4) is 23.3 Å². The Morgan fingerprint density at radius 1 is 1.04 bits per heavy atom. The van der Waals surface area contributed by atoms with Gasteiger partial charge >= 0.3 is 6.01 Å². The molecule has 7 heteroatoms. The second kappa shape index (κ2) is 6.01. The first-order chi connectivity index (χ1) is 12.2. The number of rotatable bonds is 4. The number of nitrogens with zero attached hydrogens (tertiary/aromatic N) is 2. The van der Waals surface area contributed by atoms with E-state index < -0.39 is 0 Å². The van der Waals surface area contributed by atoms with Crippen molar-refractivity contribution in [1.29, 1.82) is 0 Å². The van der Waals surface area contributed by atoms with E-state index in [0.29, 0.717) is 29.4 Å². The molecule has 0 amide bonds. The number of anilines is 1. The lowest BCUT2D eigenvalue weighted by Gasteiger charge is -2.12. The number of nitrogen functional groups attached to an aromatic ring is 1. The van der Waals surface area contributed by atoms with Crippen LogP contribution in [-0.2, 0) is 6.42 Å². The SMILES string of the molecule is COc1nc(Cc2ccc3c(c2)OCO3)c2c(N)c(OC)ccc2n1. The summed E-state index contributed by atoms with van der Waals surface area (Å²) in [7, 11) is 3.12. The maximum Gasteiger partial charge on any atom is 0.316 e. The number of methoxy groups -OCH3 is 2. The number of ether oxygens (including phenoxy) is 4. The number of hydrogen-bond acceptors (Lipinski definition) is 7. The Kier molecular flexibility index (Phi) is 3.68. The topological polar surface area (TPSA) is 88.7 Å². The summed E-state index contributed by atoms with van der Waals surface area (Å²) in [6.45, 7) is 0.243. The van der Waals surface area contributed by atoms with Crippen LogP contribution in [0.25, 0.3) is 10.9 Å². The Morgan fingerprint density at radius 3 is 2.68 bits per heavy atom. The number of hydrogen-bond donors (Lipinski definition) is 1. The Morgan fingerprint density at radius 2 is 1.88 bits per heavy atom. The molecule has 1 aliphatic heterocycles. The molecular weight excluding hydrogens is 322 g/mol. The number of benzene rings is 2. The molecule has 25 heavy (non-hydrogen) atoms. The molecule has 0 spiro atoms. The van der Waals surface area contributed by atoms with E-state index in [4.69, 9.17) is 24.7 Å². The van der Waals surface area contributed by atoms with Gasteiger partial charge in [0.1, 0.15) is 5.75 Å². The van der Waals surface area contributed by atoms with Crippen LogP contribution in [0, 0.1) is 0 Å². The van der Waals surface area contributed by atoms with Crippen molar-refractivity contribution in [3.05, 3.63) is 41.6 Å². The second-order valence-corrected chi connectivity index (χ2v) is 5.60. The van der Waals surface area contributed by atoms with Gasteiger partial charge in [-0.1, -0.05) is 6.07 Å². The summed E-state index contributed by atoms with van der Waals surface area (Å²) in [5, 5.41) is 0.762. The molecule has 4 rings (SSSR count). The van der Waals surface area contributed by atoms with Gasteiger partial charge < -0.3 is 24.7 Å². The van der Waals surface area contributed by atoms with Gasteiger partial charge in [-0.25, -0.2) is 0 Å². The quantitative estimate of drug-likeness (QED) is 0.731. The van der Waals surface area contributed by atoms with Gasteiger partial charge in [-0.3, -0.25) is 0 Å². The highest BCUT2D eigenvalue weighted by Crippen LogP contribution is 2.36. The van der Waals surface area contributed by atoms with Crippen molar-refractivity contribution in [2.45, 2.75) is 6.42 Å². The van der Waals surface area contributed by atoms with Gasteiger partial charge in [-0.2, -0.15) is 9.97 Å². The van der Waals surface area contributed by atoms with Crippen molar-refractivity contribution < 1.29 is 18.9 Å². The van der Waals surface area contributed by atoms with Gasteiger partial charge in [0.05, 0.1) is 31.1 Å². The average molecular weight is 339 g/mol. The molecule has 1 aliphatic rings. The third kappa shape index (κ3) is 2.63. The van der Waals surface area contributed by atoms with Crippen molar-refractivity contribution in [2.24, 2.45) is 0 Å². The summed E-state index contributed by atoms with van der Waals surface area (Å²) < 4.78 is 21.4. The lowest BCUT2D eigenvalue weighted by molar-refractivity contribution is 0.174. The standard InChI is InChI=1S/C18H17N3O4/c1-22-14-6-4-11-16(17(14)19)12(21-18(20-11)23-2)7-10-3-5-13-15(8-10)25-9-24-13/h3-6,8H,7,9,19H2,1-2H3. The van der Waals surface area contributed by atoms with E-state index in [2.05, 4.69) is 9.97 Å². The first-order valence-electron chi connectivity index (χ1n) is 7.75. The molecule has 2 N–H and O–H groups in total. The molecule has 0 atom stereocenters. The predicted octanol–water partition coefficient (Wildman–Crippen LogP) is 2.55. The van der Waals surface area contributed by atoms with Gasteiger partial charge in [0.15, 0.2) is 11.5 Å². The molecule has 0 bridgehead atoms. The first-order valence-corrected chi connectivity index (χ1v) is 7.75. The Balaban J connectivity index is 1.84. The van der Waals surface area contributed by atoms with Gasteiger partial charge in [-0.15, -0.1) is 0 Å². The van der Waals surface area contributed by atoms with Gasteiger partial charge in [0.2, 0.25) is 6.79 Å². The average Bonchev–Trinajstić information content (AvgIpc) is 3.09. The Hall–Kier alpha value is -3.22. The molecule has 1 aromatic heterocycles. The maximum absolute atomic E-state index is 6.28. The third-order valence-electron chi connectivity index (χ3n) is 4.13. The summed E-state index contributed by atoms with van der Waals surface area (Å²) in [4.78, 5) is 8.88. The largest absolute Gasteiger partial charge is 0.495 e. The third-order valence-corrected chi connectivity index (χ3v) is 4.13. The van der Waals surface area contributed by atoms with Crippen molar-refractivity contribution in [3.63, 3.8) is 0 Å². The van der Waals surface area contributed by atoms with Crippen LogP contribution in [0.1, 0.15) is 11.3 Å². The molecule has 0 fully saturated rings. The zero-order chi connectivity index (χ0) is 17.4. The molecule has 0 radical (unpaired) electrons. The van der Waals surface area contributed by atoms with Gasteiger partial charge in [0.25, 0.3) is 0 Å². The minimum absolute atomic E-state index is 0.243. The summed E-state index contributed by atoms with van der Waals surface area (Å²) >= 11 is 0. The van der Waals surface area contributed by atoms with Crippen molar-refractivity contribution in [2.75, 3.05) is 26.7 Å². The van der Waals surface area contributed by atoms with Crippen LogP contribution >= 0.6 is 0 Å². The molecule has 7 nitrogen and oxygen atoms in total. The molecule has 2 heterocycles. The molecular formula is C18H17N3O4. The van der Waals surface area contributed by atoms with Crippen LogP contribution < -0.4 is 24.7 Å². The van der Waals surface area contributed by atoms with Crippen molar-refractivity contribution in [1.82, 2.24) is 9.97 Å². The fraction of sp³-hybridized carbons (Fsp3) is 0.222. The highest BCUT2D eigenvalue weighted by Gasteiger charge is 2.17. The molecule has 2 aromatic carbocycles. The maximum atomic E-state index is 6.28. The fourth-order valence-corrected chi connectivity index (χ4v) is 2.93. The second-order valence-electron chi connectivity index (χ2n) is 5.60. The lowest BCUT2D eigenvalue weighted by atomic mass is 10.0. The molecule has 0 aliphatic carbocycles. The van der Waals surface area contributed by atoms with E-state index in [9.17, 15) is 0 Å². The van der Waals surface area contributed by atoms with Crippen LogP contribution in [-0.4, -0.2) is 31.0 Å². The van der Waals surface area contributed by atoms with Crippen LogP contribution in [0.3, 0.4) is 0 Å². The van der Waals surface area contributed by atoms with Crippen LogP contribution in [0.15, 0.2) is 30.3 Å². The number of fused-ring (bicyclic) bond motifs is 2. The summed E-state index contributed by atoms with van der Waals surface area (Å²) in [6.07, 6.45) is 0.545. The molecule has 0 saturated carbocycles. The molecule has 0 saturated heterocycles. The normalized spacial score (nSPS) is 12.4. The lowest BCUT2D eigenvalue weighted by Crippen LogP contribution is -2.03. The first kappa shape index (κ1) is 15.3. The van der Waals surface area contributed by atoms with Crippen LogP contribution in [0.2, 0.25) is 0 Å².